The molecule has 1 aliphatic carbocycles. The number of anilines is 1. The summed E-state index contributed by atoms with van der Waals surface area (Å²) in [7, 11) is -3.21. The highest BCUT2D eigenvalue weighted by molar-refractivity contribution is 7.89. The average Bonchev–Trinajstić information content (AvgIpc) is 2.80. The third-order valence-electron chi connectivity index (χ3n) is 6.75. The minimum atomic E-state index is -3.21. The Morgan fingerprint density at radius 2 is 1.64 bits per heavy atom. The van der Waals surface area contributed by atoms with Gasteiger partial charge in [-0.1, -0.05) is 45.4 Å². The quantitative estimate of drug-likeness (QED) is 0.818. The maximum Gasteiger partial charge on any atom is 0.214 e. The highest BCUT2D eigenvalue weighted by Gasteiger charge is 2.48. The van der Waals surface area contributed by atoms with Crippen molar-refractivity contribution in [2.75, 3.05) is 36.8 Å². The molecule has 1 aromatic rings. The van der Waals surface area contributed by atoms with Crippen LogP contribution in [0.3, 0.4) is 0 Å². The summed E-state index contributed by atoms with van der Waals surface area (Å²) >= 11 is 0. The second kappa shape index (κ2) is 6.58. The first-order chi connectivity index (χ1) is 11.6. The Morgan fingerprint density at radius 3 is 2.20 bits per heavy atom. The van der Waals surface area contributed by atoms with Crippen LogP contribution in [0, 0.1) is 17.8 Å². The van der Waals surface area contributed by atoms with Crippen LogP contribution in [0.1, 0.15) is 45.6 Å². The second-order valence-electron chi connectivity index (χ2n) is 8.73. The first kappa shape index (κ1) is 18.7. The molecule has 140 valence electrons. The molecule has 5 heteroatoms. The van der Waals surface area contributed by atoms with Gasteiger partial charge in [0.15, 0.2) is 0 Å². The highest BCUT2D eigenvalue weighted by Crippen LogP contribution is 2.53. The topological polar surface area (TPSA) is 40.6 Å². The Bertz CT molecular complexity index is 721. The SMILES string of the molecule is Cc1ccccc1N1CCN(S(=O)(=O)CC2(C)CCCC2(C)C)CC1. The van der Waals surface area contributed by atoms with Gasteiger partial charge >= 0.3 is 0 Å². The Morgan fingerprint density at radius 1 is 1.00 bits per heavy atom. The number of piperazine rings is 1. The van der Waals surface area contributed by atoms with Gasteiger partial charge in [-0.25, -0.2) is 8.42 Å². The standard InChI is InChI=1S/C20H32N2O2S/c1-17-8-5-6-9-18(17)21-12-14-22(15-13-21)25(23,24)16-20(4)11-7-10-19(20,2)3/h5-6,8-9H,7,10-16H2,1-4H3. The molecule has 1 saturated heterocycles. The summed E-state index contributed by atoms with van der Waals surface area (Å²) in [5.41, 5.74) is 2.46. The summed E-state index contributed by atoms with van der Waals surface area (Å²) in [6.07, 6.45) is 3.28. The van der Waals surface area contributed by atoms with Crippen molar-refractivity contribution in [3.05, 3.63) is 29.8 Å². The van der Waals surface area contributed by atoms with Gasteiger partial charge in [0.2, 0.25) is 10.0 Å². The van der Waals surface area contributed by atoms with Gasteiger partial charge in [-0.3, -0.25) is 0 Å². The van der Waals surface area contributed by atoms with Crippen LogP contribution in [0.25, 0.3) is 0 Å². The molecule has 1 atom stereocenters. The van der Waals surface area contributed by atoms with Crippen molar-refractivity contribution >= 4 is 15.7 Å². The van der Waals surface area contributed by atoms with E-state index in [4.69, 9.17) is 0 Å². The fraction of sp³-hybridized carbons (Fsp3) is 0.700. The van der Waals surface area contributed by atoms with Gasteiger partial charge in [-0.05, 0) is 42.2 Å². The zero-order valence-corrected chi connectivity index (χ0v) is 16.9. The molecule has 3 rings (SSSR count). The van der Waals surface area contributed by atoms with E-state index in [2.05, 4.69) is 50.8 Å². The molecule has 0 spiro atoms. The van der Waals surface area contributed by atoms with Crippen LogP contribution in [0.5, 0.6) is 0 Å². The Balaban J connectivity index is 1.67. The van der Waals surface area contributed by atoms with E-state index in [0.29, 0.717) is 13.1 Å². The summed E-state index contributed by atoms with van der Waals surface area (Å²) in [6, 6.07) is 8.33. The van der Waals surface area contributed by atoms with Gasteiger partial charge in [0.25, 0.3) is 0 Å². The van der Waals surface area contributed by atoms with Crippen LogP contribution in [0.15, 0.2) is 24.3 Å². The molecule has 2 aliphatic rings. The van der Waals surface area contributed by atoms with Crippen molar-refractivity contribution in [2.24, 2.45) is 10.8 Å². The fourth-order valence-electron chi connectivity index (χ4n) is 4.45. The van der Waals surface area contributed by atoms with Crippen LogP contribution in [0.2, 0.25) is 0 Å². The van der Waals surface area contributed by atoms with Crippen molar-refractivity contribution in [3.63, 3.8) is 0 Å². The lowest BCUT2D eigenvalue weighted by atomic mass is 9.71. The van der Waals surface area contributed by atoms with E-state index in [1.54, 1.807) is 4.31 Å². The summed E-state index contributed by atoms with van der Waals surface area (Å²) in [5.74, 6) is 0.289. The number of benzene rings is 1. The lowest BCUT2D eigenvalue weighted by molar-refractivity contribution is 0.157. The number of sulfonamides is 1. The summed E-state index contributed by atoms with van der Waals surface area (Å²) in [6.45, 7) is 11.5. The van der Waals surface area contributed by atoms with Crippen LogP contribution in [-0.4, -0.2) is 44.7 Å². The lowest BCUT2D eigenvalue weighted by Gasteiger charge is -2.41. The Labute approximate surface area is 153 Å². The van der Waals surface area contributed by atoms with E-state index in [1.165, 1.54) is 11.3 Å². The van der Waals surface area contributed by atoms with Crippen molar-refractivity contribution in [2.45, 2.75) is 47.0 Å². The smallest absolute Gasteiger partial charge is 0.214 e. The fourth-order valence-corrected chi connectivity index (χ4v) is 6.69. The number of para-hydroxylation sites is 1. The number of nitrogens with zero attached hydrogens (tertiary/aromatic N) is 2. The second-order valence-corrected chi connectivity index (χ2v) is 10.7. The van der Waals surface area contributed by atoms with Gasteiger partial charge in [0, 0.05) is 31.9 Å². The van der Waals surface area contributed by atoms with Crippen molar-refractivity contribution in [3.8, 4) is 0 Å². The molecule has 4 nitrogen and oxygen atoms in total. The van der Waals surface area contributed by atoms with E-state index < -0.39 is 10.0 Å². The molecule has 0 radical (unpaired) electrons. The van der Waals surface area contributed by atoms with Crippen LogP contribution >= 0.6 is 0 Å². The number of hydrogen-bond donors (Lipinski definition) is 0. The molecular formula is C20H32N2O2S. The molecule has 0 N–H and O–H groups in total. The van der Waals surface area contributed by atoms with Crippen LogP contribution in [-0.2, 0) is 10.0 Å². The average molecular weight is 365 g/mol. The number of rotatable bonds is 4. The molecule has 1 saturated carbocycles. The molecule has 1 aliphatic heterocycles. The monoisotopic (exact) mass is 364 g/mol. The third kappa shape index (κ3) is 3.59. The molecule has 0 bridgehead atoms. The first-order valence-corrected chi connectivity index (χ1v) is 11.0. The Kier molecular flexibility index (Phi) is 4.93. The van der Waals surface area contributed by atoms with E-state index in [1.807, 2.05) is 6.07 Å². The number of aryl methyl sites for hydroxylation is 1. The minimum Gasteiger partial charge on any atom is -0.369 e. The molecule has 2 fully saturated rings. The summed E-state index contributed by atoms with van der Waals surface area (Å²) < 4.78 is 27.8. The van der Waals surface area contributed by atoms with Crippen LogP contribution in [0.4, 0.5) is 5.69 Å². The molecule has 1 unspecified atom stereocenters. The van der Waals surface area contributed by atoms with Gasteiger partial charge in [0.05, 0.1) is 5.75 Å². The highest BCUT2D eigenvalue weighted by atomic mass is 32.2. The van der Waals surface area contributed by atoms with E-state index >= 15 is 0 Å². The van der Waals surface area contributed by atoms with Crippen molar-refractivity contribution in [1.29, 1.82) is 0 Å². The molecule has 25 heavy (non-hydrogen) atoms. The lowest BCUT2D eigenvalue weighted by Crippen LogP contribution is -2.51. The molecule has 1 heterocycles. The zero-order valence-electron chi connectivity index (χ0n) is 16.1. The third-order valence-corrected chi connectivity index (χ3v) is 8.91. The molecule has 1 aromatic carbocycles. The van der Waals surface area contributed by atoms with Gasteiger partial charge in [0.1, 0.15) is 0 Å². The van der Waals surface area contributed by atoms with E-state index in [-0.39, 0.29) is 16.6 Å². The molecule has 0 amide bonds. The summed E-state index contributed by atoms with van der Waals surface area (Å²) in [5, 5.41) is 0. The van der Waals surface area contributed by atoms with Gasteiger partial charge < -0.3 is 4.90 Å². The predicted octanol–water partition coefficient (Wildman–Crippen LogP) is 3.66. The number of hydrogen-bond acceptors (Lipinski definition) is 3. The normalized spacial score (nSPS) is 27.6. The van der Waals surface area contributed by atoms with Gasteiger partial charge in [-0.15, -0.1) is 0 Å². The Hall–Kier alpha value is -1.07. The van der Waals surface area contributed by atoms with Crippen molar-refractivity contribution < 1.29 is 8.42 Å². The summed E-state index contributed by atoms with van der Waals surface area (Å²) in [4.78, 5) is 2.31. The van der Waals surface area contributed by atoms with Gasteiger partial charge in [-0.2, -0.15) is 4.31 Å². The molecule has 0 aromatic heterocycles. The van der Waals surface area contributed by atoms with E-state index in [0.717, 1.165) is 32.4 Å². The maximum atomic E-state index is 13.1. The van der Waals surface area contributed by atoms with Crippen molar-refractivity contribution in [1.82, 2.24) is 4.31 Å². The first-order valence-electron chi connectivity index (χ1n) is 9.43. The van der Waals surface area contributed by atoms with Crippen LogP contribution < -0.4 is 4.90 Å². The van der Waals surface area contributed by atoms with E-state index in [9.17, 15) is 8.42 Å². The largest absolute Gasteiger partial charge is 0.369 e. The molecular weight excluding hydrogens is 332 g/mol. The minimum absolute atomic E-state index is 0.100. The zero-order chi connectivity index (χ0) is 18.3. The predicted molar refractivity (Wildman–Crippen MR) is 104 cm³/mol. The maximum absolute atomic E-state index is 13.1.